The Kier molecular flexibility index (Phi) is 16.8. The molecule has 0 aliphatic carbocycles. The zero-order valence-electron chi connectivity index (χ0n) is 25.5. The molecule has 0 heterocycles. The fraction of sp³-hybridized carbons (Fsp3) is 0.562. The lowest BCUT2D eigenvalue weighted by Crippen LogP contribution is -2.32. The molecule has 2 aromatic carbocycles. The molecule has 0 aliphatic rings. The largest absolute Gasteiger partial charge is 0.464 e. The van der Waals surface area contributed by atoms with Gasteiger partial charge in [-0.05, 0) is 81.8 Å². The number of hydrogen-bond donors (Lipinski definition) is 3. The van der Waals surface area contributed by atoms with Crippen LogP contribution in [0.1, 0.15) is 52.4 Å². The van der Waals surface area contributed by atoms with Crippen LogP contribution in [0, 0.1) is 0 Å². The predicted molar refractivity (Wildman–Crippen MR) is 171 cm³/mol. The molecule has 0 saturated heterocycles. The summed E-state index contributed by atoms with van der Waals surface area (Å²) in [6, 6.07) is 15.3. The van der Waals surface area contributed by atoms with E-state index in [4.69, 9.17) is 26.0 Å². The van der Waals surface area contributed by atoms with E-state index < -0.39 is 0 Å². The lowest BCUT2D eigenvalue weighted by molar-refractivity contribution is -0.143. The molecule has 0 fully saturated rings. The number of nitrogens with zero attached hydrogens (tertiary/aromatic N) is 3. The van der Waals surface area contributed by atoms with Gasteiger partial charge in [-0.3, -0.25) is 9.59 Å². The number of hydrogen-bond acceptors (Lipinski definition) is 10. The molecule has 5 N–H and O–H groups in total. The summed E-state index contributed by atoms with van der Waals surface area (Å²) in [6.45, 7) is 9.49. The number of carbonyl (C=O) groups excluding carboxylic acids is 2. The fourth-order valence-electron chi connectivity index (χ4n) is 4.63. The Morgan fingerprint density at radius 3 is 1.48 bits per heavy atom. The summed E-state index contributed by atoms with van der Waals surface area (Å²) in [5.74, 6) is -0.503. The van der Waals surface area contributed by atoms with E-state index in [-0.39, 0.29) is 31.4 Å². The molecule has 234 valence electrons. The second-order valence-corrected chi connectivity index (χ2v) is 10.3. The smallest absolute Gasteiger partial charge is 0.307 e. The van der Waals surface area contributed by atoms with Crippen molar-refractivity contribution in [1.29, 1.82) is 0 Å². The first-order valence-electron chi connectivity index (χ1n) is 15.2. The summed E-state index contributed by atoms with van der Waals surface area (Å²) in [7, 11) is 0. The first-order valence-corrected chi connectivity index (χ1v) is 15.2. The first kappa shape index (κ1) is 34.7. The minimum Gasteiger partial charge on any atom is -0.464 e. The van der Waals surface area contributed by atoms with Gasteiger partial charge in [-0.15, -0.1) is 0 Å². The zero-order valence-corrected chi connectivity index (χ0v) is 25.5. The number of likely N-dealkylation sites (N-methyl/N-ethyl adjacent to an activating group) is 2. The number of nitrogens with two attached hydrogens (primary N) is 2. The molecule has 0 amide bonds. The minimum absolute atomic E-state index is 0.197. The van der Waals surface area contributed by atoms with E-state index in [1.807, 2.05) is 48.5 Å². The summed E-state index contributed by atoms with van der Waals surface area (Å²) in [5.41, 5.74) is 15.1. The van der Waals surface area contributed by atoms with Crippen molar-refractivity contribution in [3.8, 4) is 0 Å². The highest BCUT2D eigenvalue weighted by Crippen LogP contribution is 2.17. The van der Waals surface area contributed by atoms with Gasteiger partial charge in [0.2, 0.25) is 0 Å². The predicted octanol–water partition coefficient (Wildman–Crippen LogP) is 3.93. The topological polar surface area (TPSA) is 135 Å². The second kappa shape index (κ2) is 20.4. The molecule has 2 aromatic rings. The standard InChI is InChI=1S/C32H51N5O5/c1-3-36(29-13-9-27(33)10-14-29)22-25-41-31(39)17-20-35(19-7-5-6-8-24-38)21-18-32(40)42-26-23-37(4-2)30-15-11-28(34)12-16-30/h9-16,38H,3-8,17-26,33-34H2,1-2H3. The quantitative estimate of drug-likeness (QED) is 0.106. The summed E-state index contributed by atoms with van der Waals surface area (Å²) < 4.78 is 11.0. The Hall–Kier alpha value is -3.50. The lowest BCUT2D eigenvalue weighted by Gasteiger charge is -2.24. The van der Waals surface area contributed by atoms with E-state index in [2.05, 4.69) is 28.5 Å². The number of unbranched alkanes of at least 4 members (excludes halogenated alkanes) is 3. The highest BCUT2D eigenvalue weighted by Gasteiger charge is 2.14. The number of carbonyl (C=O) groups is 2. The van der Waals surface area contributed by atoms with Gasteiger partial charge in [0.25, 0.3) is 0 Å². The highest BCUT2D eigenvalue weighted by molar-refractivity contribution is 5.70. The maximum absolute atomic E-state index is 12.5. The number of benzene rings is 2. The van der Waals surface area contributed by atoms with Gasteiger partial charge in [0.1, 0.15) is 13.2 Å². The van der Waals surface area contributed by atoms with Gasteiger partial charge in [0, 0.05) is 55.5 Å². The number of aliphatic hydroxyl groups is 1. The maximum Gasteiger partial charge on any atom is 0.307 e. The van der Waals surface area contributed by atoms with E-state index >= 15 is 0 Å². The normalized spacial score (nSPS) is 11.0. The Bertz CT molecular complexity index is 943. The second-order valence-electron chi connectivity index (χ2n) is 10.3. The highest BCUT2D eigenvalue weighted by atomic mass is 16.5. The number of ether oxygens (including phenoxy) is 2. The fourth-order valence-corrected chi connectivity index (χ4v) is 4.63. The van der Waals surface area contributed by atoms with Crippen molar-refractivity contribution in [2.45, 2.75) is 52.4 Å². The summed E-state index contributed by atoms with van der Waals surface area (Å²) in [4.78, 5) is 31.4. The van der Waals surface area contributed by atoms with Gasteiger partial charge in [-0.2, -0.15) is 0 Å². The molecular weight excluding hydrogens is 534 g/mol. The van der Waals surface area contributed by atoms with Gasteiger partial charge in [0.05, 0.1) is 25.9 Å². The Balaban J connectivity index is 1.75. The third-order valence-corrected chi connectivity index (χ3v) is 7.18. The van der Waals surface area contributed by atoms with E-state index in [0.717, 1.165) is 56.7 Å². The average Bonchev–Trinajstić information content (AvgIpc) is 2.99. The van der Waals surface area contributed by atoms with Crippen LogP contribution in [0.3, 0.4) is 0 Å². The summed E-state index contributed by atoms with van der Waals surface area (Å²) in [6.07, 6.45) is 4.18. The van der Waals surface area contributed by atoms with E-state index in [1.54, 1.807) is 0 Å². The van der Waals surface area contributed by atoms with Crippen LogP contribution in [0.5, 0.6) is 0 Å². The van der Waals surface area contributed by atoms with Gasteiger partial charge in [-0.1, -0.05) is 12.8 Å². The Morgan fingerprint density at radius 1 is 0.643 bits per heavy atom. The van der Waals surface area contributed by atoms with Crippen molar-refractivity contribution >= 4 is 34.7 Å². The van der Waals surface area contributed by atoms with Gasteiger partial charge < -0.3 is 40.7 Å². The summed E-state index contributed by atoms with van der Waals surface area (Å²) in [5, 5.41) is 9.03. The molecule has 42 heavy (non-hydrogen) atoms. The van der Waals surface area contributed by atoms with Crippen LogP contribution in [-0.2, 0) is 19.1 Å². The SMILES string of the molecule is CCN(CCOC(=O)CCN(CCCCCCO)CCC(=O)OCCN(CC)c1ccc(N)cc1)c1ccc(N)cc1. The van der Waals surface area contributed by atoms with Crippen LogP contribution in [-0.4, -0.2) is 87.6 Å². The van der Waals surface area contributed by atoms with Crippen LogP contribution in [0.15, 0.2) is 48.5 Å². The molecule has 0 unspecified atom stereocenters. The van der Waals surface area contributed by atoms with Crippen LogP contribution < -0.4 is 21.3 Å². The average molecular weight is 586 g/mol. The number of aliphatic hydroxyl groups excluding tert-OH is 1. The van der Waals surface area contributed by atoms with Gasteiger partial charge >= 0.3 is 11.9 Å². The van der Waals surface area contributed by atoms with Gasteiger partial charge in [-0.25, -0.2) is 0 Å². The number of nitrogen functional groups attached to an aromatic ring is 2. The molecule has 2 rings (SSSR count). The van der Waals surface area contributed by atoms with E-state index in [1.165, 1.54) is 0 Å². The number of esters is 2. The van der Waals surface area contributed by atoms with Gasteiger partial charge in [0.15, 0.2) is 0 Å². The van der Waals surface area contributed by atoms with Crippen LogP contribution >= 0.6 is 0 Å². The Labute approximate surface area is 251 Å². The third-order valence-electron chi connectivity index (χ3n) is 7.18. The van der Waals surface area contributed by atoms with E-state index in [9.17, 15) is 9.59 Å². The molecule has 0 atom stereocenters. The molecule has 0 aliphatic heterocycles. The Morgan fingerprint density at radius 2 is 1.07 bits per heavy atom. The molecule has 0 saturated carbocycles. The molecule has 0 aromatic heterocycles. The monoisotopic (exact) mass is 585 g/mol. The van der Waals surface area contributed by atoms with Crippen LogP contribution in [0.25, 0.3) is 0 Å². The molecule has 0 bridgehead atoms. The van der Waals surface area contributed by atoms with Crippen LogP contribution in [0.2, 0.25) is 0 Å². The van der Waals surface area contributed by atoms with Crippen molar-refractivity contribution in [2.75, 3.05) is 86.9 Å². The third kappa shape index (κ3) is 13.9. The van der Waals surface area contributed by atoms with Crippen molar-refractivity contribution in [3.63, 3.8) is 0 Å². The molecule has 0 radical (unpaired) electrons. The molecule has 10 heteroatoms. The summed E-state index contributed by atoms with van der Waals surface area (Å²) >= 11 is 0. The zero-order chi connectivity index (χ0) is 30.6. The number of rotatable bonds is 22. The van der Waals surface area contributed by atoms with Crippen molar-refractivity contribution in [1.82, 2.24) is 4.90 Å². The van der Waals surface area contributed by atoms with Crippen molar-refractivity contribution in [3.05, 3.63) is 48.5 Å². The molecule has 0 spiro atoms. The maximum atomic E-state index is 12.5. The lowest BCUT2D eigenvalue weighted by atomic mass is 10.2. The number of anilines is 4. The van der Waals surface area contributed by atoms with E-state index in [0.29, 0.717) is 50.8 Å². The van der Waals surface area contributed by atoms with Crippen LogP contribution in [0.4, 0.5) is 22.7 Å². The molecule has 10 nitrogen and oxygen atoms in total. The van der Waals surface area contributed by atoms with Crippen molar-refractivity contribution < 1.29 is 24.2 Å². The first-order chi connectivity index (χ1) is 20.4. The molecular formula is C32H51N5O5. The van der Waals surface area contributed by atoms with Crippen molar-refractivity contribution in [2.24, 2.45) is 0 Å². The minimum atomic E-state index is -0.251.